The highest BCUT2D eigenvalue weighted by molar-refractivity contribution is 6.63. The fourth-order valence-corrected chi connectivity index (χ4v) is 1.18. The van der Waals surface area contributed by atoms with Gasteiger partial charge in [-0.05, 0) is 12.1 Å². The summed E-state index contributed by atoms with van der Waals surface area (Å²) in [6.07, 6.45) is 0. The molecule has 1 N–H and O–H groups in total. The normalized spacial score (nSPS) is 10.2. The van der Waals surface area contributed by atoms with E-state index in [0.29, 0.717) is 5.58 Å². The molecule has 1 heterocycles. The molecule has 0 spiro atoms. The SMILES string of the molecule is O=NB(O)c1cc2ccccc2o1. The molecule has 0 saturated heterocycles. The van der Waals surface area contributed by atoms with Gasteiger partial charge in [0.25, 0.3) is 0 Å². The van der Waals surface area contributed by atoms with Crippen LogP contribution in [0.25, 0.3) is 11.0 Å². The van der Waals surface area contributed by atoms with Crippen LogP contribution in [0.15, 0.2) is 39.8 Å². The average molecular weight is 175 g/mol. The standard InChI is InChI=1S/C8H6BNO3/c11-9(10-12)8-5-6-3-1-2-4-7(6)13-8/h1-5,11H. The van der Waals surface area contributed by atoms with Crippen molar-refractivity contribution < 1.29 is 9.44 Å². The van der Waals surface area contributed by atoms with Crippen LogP contribution in [0.3, 0.4) is 0 Å². The highest BCUT2D eigenvalue weighted by atomic mass is 16.4. The predicted octanol–water partition coefficient (Wildman–Crippen LogP) is 0.887. The molecule has 0 fully saturated rings. The lowest BCUT2D eigenvalue weighted by atomic mass is 9.82. The number of hydrogen-bond donors (Lipinski definition) is 1. The van der Waals surface area contributed by atoms with E-state index in [0.717, 1.165) is 5.39 Å². The molecule has 0 saturated carbocycles. The van der Waals surface area contributed by atoms with Crippen LogP contribution >= 0.6 is 0 Å². The minimum absolute atomic E-state index is 0.177. The molecule has 4 nitrogen and oxygen atoms in total. The average Bonchev–Trinajstić information content (AvgIpc) is 2.59. The number of furan rings is 1. The third-order valence-electron chi connectivity index (χ3n) is 1.80. The van der Waals surface area contributed by atoms with Gasteiger partial charge in [-0.15, -0.1) is 0 Å². The van der Waals surface area contributed by atoms with Crippen LogP contribution in [0.1, 0.15) is 0 Å². The Morgan fingerprint density at radius 2 is 2.15 bits per heavy atom. The first kappa shape index (κ1) is 8.00. The lowest BCUT2D eigenvalue weighted by molar-refractivity contribution is 0.559. The molecule has 0 bridgehead atoms. The third-order valence-corrected chi connectivity index (χ3v) is 1.80. The van der Waals surface area contributed by atoms with Crippen LogP contribution in [-0.4, -0.2) is 12.1 Å². The van der Waals surface area contributed by atoms with Gasteiger partial charge in [-0.2, -0.15) is 4.91 Å². The van der Waals surface area contributed by atoms with E-state index in [9.17, 15) is 4.91 Å². The van der Waals surface area contributed by atoms with Gasteiger partial charge in [-0.1, -0.05) is 23.3 Å². The number of benzene rings is 1. The summed E-state index contributed by atoms with van der Waals surface area (Å²) < 4.78 is 5.18. The maximum absolute atomic E-state index is 10.0. The van der Waals surface area contributed by atoms with Crippen molar-refractivity contribution in [2.24, 2.45) is 5.09 Å². The third kappa shape index (κ3) is 1.34. The Hall–Kier alpha value is -1.62. The summed E-state index contributed by atoms with van der Waals surface area (Å²) in [4.78, 5) is 10.0. The zero-order valence-corrected chi connectivity index (χ0v) is 6.68. The number of nitroso groups, excluding NO2 is 1. The highest BCUT2D eigenvalue weighted by Gasteiger charge is 2.20. The number of nitrogens with zero attached hydrogens (tertiary/aromatic N) is 1. The Balaban J connectivity index is 2.55. The minimum atomic E-state index is -1.41. The van der Waals surface area contributed by atoms with E-state index < -0.39 is 7.05 Å². The van der Waals surface area contributed by atoms with E-state index in [1.807, 2.05) is 18.2 Å². The van der Waals surface area contributed by atoms with Crippen LogP contribution in [0.4, 0.5) is 0 Å². The van der Waals surface area contributed by atoms with E-state index >= 15 is 0 Å². The topological polar surface area (TPSA) is 62.8 Å². The van der Waals surface area contributed by atoms with Gasteiger partial charge in [0.05, 0.1) is 0 Å². The molecule has 0 aliphatic rings. The molecule has 0 aliphatic carbocycles. The second-order valence-corrected chi connectivity index (χ2v) is 2.67. The molecule has 2 rings (SSSR count). The van der Waals surface area contributed by atoms with Gasteiger partial charge in [-0.3, -0.25) is 0 Å². The summed E-state index contributed by atoms with van der Waals surface area (Å²) in [5.41, 5.74) is 0.816. The zero-order valence-electron chi connectivity index (χ0n) is 6.68. The molecule has 1 aromatic carbocycles. The molecule has 0 amide bonds. The van der Waals surface area contributed by atoms with Gasteiger partial charge < -0.3 is 9.44 Å². The maximum atomic E-state index is 10.0. The summed E-state index contributed by atoms with van der Waals surface area (Å²) in [5, 5.41) is 12.4. The molecule has 0 radical (unpaired) electrons. The van der Waals surface area contributed by atoms with Gasteiger partial charge >= 0.3 is 7.05 Å². The molecule has 5 heteroatoms. The first-order valence-electron chi connectivity index (χ1n) is 3.80. The number of fused-ring (bicyclic) bond motifs is 1. The fraction of sp³-hybridized carbons (Fsp3) is 0. The first-order valence-corrected chi connectivity index (χ1v) is 3.80. The van der Waals surface area contributed by atoms with E-state index in [1.165, 1.54) is 0 Å². The Bertz CT molecular complexity index is 407. The van der Waals surface area contributed by atoms with Crippen LogP contribution in [0.5, 0.6) is 0 Å². The molecule has 0 unspecified atom stereocenters. The lowest BCUT2D eigenvalue weighted by Gasteiger charge is -1.87. The van der Waals surface area contributed by atoms with Gasteiger partial charge in [0, 0.05) is 5.39 Å². The Morgan fingerprint density at radius 3 is 2.85 bits per heavy atom. The van der Waals surface area contributed by atoms with Gasteiger partial charge in [-0.25, -0.2) is 0 Å². The largest absolute Gasteiger partial charge is 0.553 e. The smallest absolute Gasteiger partial charge is 0.465 e. The predicted molar refractivity (Wildman–Crippen MR) is 49.6 cm³/mol. The quantitative estimate of drug-likeness (QED) is 0.544. The summed E-state index contributed by atoms with van der Waals surface area (Å²) >= 11 is 0. The zero-order chi connectivity index (χ0) is 9.26. The van der Waals surface area contributed by atoms with Crippen LogP contribution in [-0.2, 0) is 0 Å². The molecule has 1 aromatic heterocycles. The summed E-state index contributed by atoms with van der Waals surface area (Å²) in [5.74, 6) is 0. The monoisotopic (exact) mass is 175 g/mol. The Morgan fingerprint density at radius 1 is 1.38 bits per heavy atom. The second-order valence-electron chi connectivity index (χ2n) is 2.67. The van der Waals surface area contributed by atoms with Crippen molar-refractivity contribution in [3.05, 3.63) is 35.2 Å². The molecular formula is C8H6BNO3. The molecule has 0 atom stereocenters. The number of hydrogen-bond acceptors (Lipinski definition) is 4. The summed E-state index contributed by atoms with van der Waals surface area (Å²) in [6, 6.07) is 8.86. The fourth-order valence-electron chi connectivity index (χ4n) is 1.18. The van der Waals surface area contributed by atoms with Gasteiger partial charge in [0.2, 0.25) is 0 Å². The molecular weight excluding hydrogens is 169 g/mol. The van der Waals surface area contributed by atoms with Crippen molar-refractivity contribution in [1.29, 1.82) is 0 Å². The van der Waals surface area contributed by atoms with Crippen LogP contribution in [0.2, 0.25) is 0 Å². The van der Waals surface area contributed by atoms with Crippen molar-refractivity contribution in [3.8, 4) is 0 Å². The van der Waals surface area contributed by atoms with Crippen molar-refractivity contribution in [1.82, 2.24) is 0 Å². The molecule has 13 heavy (non-hydrogen) atoms. The van der Waals surface area contributed by atoms with Gasteiger partial charge in [0.15, 0.2) is 0 Å². The Kier molecular flexibility index (Phi) is 1.86. The molecule has 2 aromatic rings. The molecule has 0 aliphatic heterocycles. The van der Waals surface area contributed by atoms with Crippen molar-refractivity contribution in [2.45, 2.75) is 0 Å². The maximum Gasteiger partial charge on any atom is 0.553 e. The van der Waals surface area contributed by atoms with Crippen molar-refractivity contribution in [3.63, 3.8) is 0 Å². The minimum Gasteiger partial charge on any atom is -0.465 e. The number of rotatable bonds is 2. The summed E-state index contributed by atoms with van der Waals surface area (Å²) in [6.45, 7) is 0. The second kappa shape index (κ2) is 3.03. The Labute approximate surface area is 74.3 Å². The summed E-state index contributed by atoms with van der Waals surface area (Å²) in [7, 11) is -1.41. The van der Waals surface area contributed by atoms with Crippen molar-refractivity contribution in [2.75, 3.05) is 0 Å². The van der Waals surface area contributed by atoms with Crippen molar-refractivity contribution >= 4 is 23.7 Å². The van der Waals surface area contributed by atoms with Gasteiger partial charge in [0.1, 0.15) is 11.2 Å². The molecule has 64 valence electrons. The van der Waals surface area contributed by atoms with Crippen LogP contribution in [0, 0.1) is 4.91 Å². The van der Waals surface area contributed by atoms with E-state index in [1.54, 1.807) is 12.1 Å². The van der Waals surface area contributed by atoms with E-state index in [-0.39, 0.29) is 5.66 Å². The first-order chi connectivity index (χ1) is 6.31. The van der Waals surface area contributed by atoms with Crippen LogP contribution < -0.4 is 5.66 Å². The number of para-hydroxylation sites is 1. The van der Waals surface area contributed by atoms with E-state index in [2.05, 4.69) is 5.09 Å². The van der Waals surface area contributed by atoms with E-state index in [4.69, 9.17) is 9.44 Å². The lowest BCUT2D eigenvalue weighted by Crippen LogP contribution is -2.25. The highest BCUT2D eigenvalue weighted by Crippen LogP contribution is 2.12.